The third kappa shape index (κ3) is 3.17. The molecule has 1 aromatic carbocycles. The van der Waals surface area contributed by atoms with E-state index < -0.39 is 0 Å². The summed E-state index contributed by atoms with van der Waals surface area (Å²) in [6.45, 7) is 0. The van der Waals surface area contributed by atoms with E-state index in [2.05, 4.69) is 15.2 Å². The van der Waals surface area contributed by atoms with Gasteiger partial charge < -0.3 is 0 Å². The van der Waals surface area contributed by atoms with Crippen LogP contribution in [0.1, 0.15) is 5.56 Å². The largest absolute Gasteiger partial charge is 0.290 e. The number of anilines is 1. The average molecular weight is 310 g/mol. The van der Waals surface area contributed by atoms with Gasteiger partial charge in [-0.1, -0.05) is 41.7 Å². The first-order valence-corrected chi connectivity index (χ1v) is 7.60. The highest BCUT2D eigenvalue weighted by Crippen LogP contribution is 2.27. The molecule has 110 valence electrons. The number of carbonyl (C=O) groups is 1. The molecule has 0 spiro atoms. The van der Waals surface area contributed by atoms with Crippen LogP contribution in [-0.4, -0.2) is 28.1 Å². The predicted octanol–water partition coefficient (Wildman–Crippen LogP) is 2.81. The first kappa shape index (κ1) is 14.3. The lowest BCUT2D eigenvalue weighted by molar-refractivity contribution is -0.117. The first-order chi connectivity index (χ1) is 10.7. The van der Waals surface area contributed by atoms with Gasteiger partial charge >= 0.3 is 0 Å². The summed E-state index contributed by atoms with van der Waals surface area (Å²) in [5.41, 5.74) is 1.93. The number of likely N-dealkylation sites (N-methyl/N-ethyl adjacent to an activating group) is 1. The van der Waals surface area contributed by atoms with Crippen LogP contribution in [0.25, 0.3) is 10.6 Å². The zero-order valence-corrected chi connectivity index (χ0v) is 12.8. The number of aromatic nitrogens is 3. The number of pyridine rings is 1. The maximum Gasteiger partial charge on any atom is 0.232 e. The number of rotatable bonds is 4. The van der Waals surface area contributed by atoms with Gasteiger partial charge in [0.1, 0.15) is 5.01 Å². The fourth-order valence-electron chi connectivity index (χ4n) is 1.96. The maximum atomic E-state index is 12.3. The van der Waals surface area contributed by atoms with Crippen LogP contribution >= 0.6 is 11.3 Å². The van der Waals surface area contributed by atoms with Crippen LogP contribution in [0.4, 0.5) is 5.13 Å². The summed E-state index contributed by atoms with van der Waals surface area (Å²) in [5.74, 6) is -0.0105. The second kappa shape index (κ2) is 6.44. The van der Waals surface area contributed by atoms with E-state index in [1.54, 1.807) is 24.3 Å². The molecular weight excluding hydrogens is 296 g/mol. The van der Waals surface area contributed by atoms with Crippen molar-refractivity contribution in [2.75, 3.05) is 11.9 Å². The van der Waals surface area contributed by atoms with Crippen LogP contribution in [0, 0.1) is 0 Å². The van der Waals surface area contributed by atoms with Crippen molar-refractivity contribution < 1.29 is 4.79 Å². The van der Waals surface area contributed by atoms with Crippen molar-refractivity contribution in [3.63, 3.8) is 0 Å². The molecule has 3 rings (SSSR count). The molecule has 6 heteroatoms. The van der Waals surface area contributed by atoms with Gasteiger partial charge in [-0.2, -0.15) is 0 Å². The molecule has 0 saturated carbocycles. The van der Waals surface area contributed by atoms with E-state index in [0.717, 1.165) is 16.1 Å². The summed E-state index contributed by atoms with van der Waals surface area (Å²) in [5, 5.41) is 9.62. The van der Waals surface area contributed by atoms with Crippen LogP contribution in [0.5, 0.6) is 0 Å². The van der Waals surface area contributed by atoms with Gasteiger partial charge in [-0.25, -0.2) is 0 Å². The summed E-state index contributed by atoms with van der Waals surface area (Å²) in [4.78, 5) is 17.8. The van der Waals surface area contributed by atoms with Gasteiger partial charge in [0.25, 0.3) is 0 Å². The van der Waals surface area contributed by atoms with Gasteiger partial charge in [-0.05, 0) is 17.7 Å². The maximum absolute atomic E-state index is 12.3. The van der Waals surface area contributed by atoms with Crippen LogP contribution in [0.2, 0.25) is 0 Å². The second-order valence-electron chi connectivity index (χ2n) is 4.74. The molecule has 0 N–H and O–H groups in total. The Hall–Kier alpha value is -2.60. The van der Waals surface area contributed by atoms with Crippen LogP contribution < -0.4 is 4.90 Å². The summed E-state index contributed by atoms with van der Waals surface area (Å²) in [7, 11) is 1.72. The molecule has 0 fully saturated rings. The highest BCUT2D eigenvalue weighted by atomic mass is 32.1. The van der Waals surface area contributed by atoms with E-state index in [1.165, 1.54) is 11.3 Å². The molecule has 5 nitrogen and oxygen atoms in total. The number of hydrogen-bond donors (Lipinski definition) is 0. The van der Waals surface area contributed by atoms with Crippen molar-refractivity contribution >= 4 is 22.4 Å². The Morgan fingerprint density at radius 3 is 2.55 bits per heavy atom. The predicted molar refractivity (Wildman–Crippen MR) is 86.7 cm³/mol. The molecule has 2 heterocycles. The highest BCUT2D eigenvalue weighted by molar-refractivity contribution is 7.18. The Balaban J connectivity index is 1.74. The SMILES string of the molecule is CN(C(=O)Cc1ccccc1)c1nnc(-c2ccncc2)s1. The summed E-state index contributed by atoms with van der Waals surface area (Å²) in [6.07, 6.45) is 3.77. The van der Waals surface area contributed by atoms with Gasteiger partial charge in [0, 0.05) is 25.0 Å². The molecule has 1 amide bonds. The number of carbonyl (C=O) groups excluding carboxylic acids is 1. The Labute approximate surface area is 132 Å². The summed E-state index contributed by atoms with van der Waals surface area (Å²) in [6, 6.07) is 13.4. The van der Waals surface area contributed by atoms with Crippen LogP contribution in [0.3, 0.4) is 0 Å². The fraction of sp³-hybridized carbons (Fsp3) is 0.125. The van der Waals surface area contributed by atoms with Crippen molar-refractivity contribution in [1.29, 1.82) is 0 Å². The Kier molecular flexibility index (Phi) is 4.20. The molecule has 0 bridgehead atoms. The van der Waals surface area contributed by atoms with Crippen LogP contribution in [-0.2, 0) is 11.2 Å². The minimum absolute atomic E-state index is 0.0105. The van der Waals surface area contributed by atoms with E-state index >= 15 is 0 Å². The molecule has 22 heavy (non-hydrogen) atoms. The second-order valence-corrected chi connectivity index (χ2v) is 5.70. The molecule has 0 radical (unpaired) electrons. The monoisotopic (exact) mass is 310 g/mol. The normalized spacial score (nSPS) is 10.4. The van der Waals surface area contributed by atoms with E-state index in [4.69, 9.17) is 0 Å². The van der Waals surface area contributed by atoms with Gasteiger partial charge in [0.15, 0.2) is 0 Å². The van der Waals surface area contributed by atoms with E-state index in [9.17, 15) is 4.79 Å². The quantitative estimate of drug-likeness (QED) is 0.743. The Morgan fingerprint density at radius 2 is 1.82 bits per heavy atom. The van der Waals surface area contributed by atoms with Crippen molar-refractivity contribution in [3.05, 3.63) is 60.4 Å². The number of amides is 1. The van der Waals surface area contributed by atoms with Crippen molar-refractivity contribution in [3.8, 4) is 10.6 Å². The van der Waals surface area contributed by atoms with Crippen LogP contribution in [0.15, 0.2) is 54.9 Å². The van der Waals surface area contributed by atoms with Crippen molar-refractivity contribution in [1.82, 2.24) is 15.2 Å². The third-order valence-corrected chi connectivity index (χ3v) is 4.25. The molecular formula is C16H14N4OS. The van der Waals surface area contributed by atoms with E-state index in [1.807, 2.05) is 42.5 Å². The van der Waals surface area contributed by atoms with Crippen molar-refractivity contribution in [2.45, 2.75) is 6.42 Å². The molecule has 0 unspecified atom stereocenters. The van der Waals surface area contributed by atoms with Gasteiger partial charge in [-0.3, -0.25) is 14.7 Å². The van der Waals surface area contributed by atoms with E-state index in [0.29, 0.717) is 11.6 Å². The summed E-state index contributed by atoms with van der Waals surface area (Å²) < 4.78 is 0. The highest BCUT2D eigenvalue weighted by Gasteiger charge is 2.16. The number of nitrogens with zero attached hydrogens (tertiary/aromatic N) is 4. The summed E-state index contributed by atoms with van der Waals surface area (Å²) >= 11 is 1.39. The van der Waals surface area contributed by atoms with Gasteiger partial charge in [-0.15, -0.1) is 10.2 Å². The topological polar surface area (TPSA) is 59.0 Å². The molecule has 0 atom stereocenters. The van der Waals surface area contributed by atoms with Crippen molar-refractivity contribution in [2.24, 2.45) is 0 Å². The minimum atomic E-state index is -0.0105. The zero-order chi connectivity index (χ0) is 15.4. The Morgan fingerprint density at radius 1 is 1.09 bits per heavy atom. The number of benzene rings is 1. The molecule has 0 aliphatic carbocycles. The van der Waals surface area contributed by atoms with Gasteiger partial charge in [0.05, 0.1) is 6.42 Å². The molecule has 3 aromatic rings. The number of hydrogen-bond acceptors (Lipinski definition) is 5. The lowest BCUT2D eigenvalue weighted by atomic mass is 10.1. The molecule has 0 aliphatic rings. The smallest absolute Gasteiger partial charge is 0.232 e. The van der Waals surface area contributed by atoms with E-state index in [-0.39, 0.29) is 5.91 Å². The third-order valence-electron chi connectivity index (χ3n) is 3.20. The lowest BCUT2D eigenvalue weighted by Crippen LogP contribution is -2.27. The first-order valence-electron chi connectivity index (χ1n) is 6.78. The average Bonchev–Trinajstić information content (AvgIpc) is 3.06. The molecule has 0 saturated heterocycles. The fourth-order valence-corrected chi connectivity index (χ4v) is 2.79. The molecule has 0 aliphatic heterocycles. The minimum Gasteiger partial charge on any atom is -0.290 e. The van der Waals surface area contributed by atoms with Gasteiger partial charge in [0.2, 0.25) is 11.0 Å². The zero-order valence-electron chi connectivity index (χ0n) is 12.0. The lowest BCUT2D eigenvalue weighted by Gasteiger charge is -2.12. The molecule has 2 aromatic heterocycles. The Bertz CT molecular complexity index is 758. The standard InChI is InChI=1S/C16H14N4OS/c1-20(14(21)11-12-5-3-2-4-6-12)16-19-18-15(22-16)13-7-9-17-10-8-13/h2-10H,11H2,1H3.